The van der Waals surface area contributed by atoms with Crippen molar-refractivity contribution >= 4 is 11.4 Å². The van der Waals surface area contributed by atoms with Crippen molar-refractivity contribution in [2.75, 3.05) is 12.4 Å². The lowest BCUT2D eigenvalue weighted by atomic mass is 9.80. The molecule has 2 atom stereocenters. The number of fused-ring (bicyclic) bond motifs is 1. The first kappa shape index (κ1) is 20.4. The molecule has 0 saturated heterocycles. The van der Waals surface area contributed by atoms with Gasteiger partial charge in [-0.1, -0.05) is 36.4 Å². The van der Waals surface area contributed by atoms with E-state index in [4.69, 9.17) is 18.6 Å². The molecule has 3 rings (SSSR count). The zero-order valence-electron chi connectivity index (χ0n) is 14.9. The Morgan fingerprint density at radius 3 is 2.08 bits per heavy atom. The zero-order valence-corrected chi connectivity index (χ0v) is 15.7. The number of hydrogen-bond acceptors (Lipinski definition) is 5. The second kappa shape index (κ2) is 8.18. The van der Waals surface area contributed by atoms with Crippen molar-refractivity contribution < 1.29 is 33.8 Å². The Labute approximate surface area is 155 Å². The molecule has 0 bridgehead atoms. The summed E-state index contributed by atoms with van der Waals surface area (Å²) in [7, 11) is -2.69. The van der Waals surface area contributed by atoms with E-state index in [2.05, 4.69) is 74.9 Å². The van der Waals surface area contributed by atoms with E-state index < -0.39 is 10.2 Å². The minimum absolute atomic E-state index is 0.148. The van der Waals surface area contributed by atoms with Gasteiger partial charge in [-0.15, -0.1) is 10.2 Å². The van der Waals surface area contributed by atoms with Gasteiger partial charge < -0.3 is 5.32 Å². The van der Waals surface area contributed by atoms with Gasteiger partial charge in [0.25, 0.3) is 0 Å². The number of rotatable bonds is 3. The number of quaternary nitrogens is 1. The van der Waals surface area contributed by atoms with Crippen molar-refractivity contribution in [3.63, 3.8) is 0 Å². The summed E-state index contributed by atoms with van der Waals surface area (Å²) < 4.78 is 34.0. The minimum atomic E-state index is -4.94. The van der Waals surface area contributed by atoms with E-state index in [1.54, 1.807) is 0 Å². The quantitative estimate of drug-likeness (QED) is 0.666. The lowest BCUT2D eigenvalue weighted by molar-refractivity contribution is -2.00. The molecule has 0 fully saturated rings. The van der Waals surface area contributed by atoms with Gasteiger partial charge in [-0.25, -0.2) is 18.6 Å². The standard InChI is InChI=1S/C19H22N2.ClHO4/c1-19(2)16-11-7-8-12-17(16)21(3)18(19)13-14-20-15-9-5-4-6-10-15;2-1(3,4)5/h4-14,18,20H,1-3H3;(H,2,3,4,5). The molecular formula is C19H23ClN2O4. The maximum atomic E-state index is 8.49. The van der Waals surface area contributed by atoms with E-state index in [1.165, 1.54) is 16.2 Å². The van der Waals surface area contributed by atoms with Crippen molar-refractivity contribution in [1.29, 1.82) is 0 Å². The first-order chi connectivity index (χ1) is 12.1. The second-order valence-corrected chi connectivity index (χ2v) is 7.43. The number of halogens is 1. The number of benzene rings is 2. The normalized spacial score (nSPS) is 21.0. The molecular weight excluding hydrogens is 356 g/mol. The molecule has 0 radical (unpaired) electrons. The van der Waals surface area contributed by atoms with Crippen LogP contribution in [-0.2, 0) is 5.41 Å². The van der Waals surface area contributed by atoms with E-state index >= 15 is 0 Å². The fourth-order valence-corrected chi connectivity index (χ4v) is 3.43. The molecule has 140 valence electrons. The van der Waals surface area contributed by atoms with Gasteiger partial charge in [-0.05, 0) is 38.1 Å². The van der Waals surface area contributed by atoms with E-state index in [0.717, 1.165) is 5.69 Å². The Balaban J connectivity index is 0.000000431. The van der Waals surface area contributed by atoms with Gasteiger partial charge >= 0.3 is 0 Å². The van der Waals surface area contributed by atoms with Crippen LogP contribution in [0.1, 0.15) is 19.4 Å². The van der Waals surface area contributed by atoms with Gasteiger partial charge in [0.2, 0.25) is 0 Å². The highest BCUT2D eigenvalue weighted by molar-refractivity contribution is 5.50. The van der Waals surface area contributed by atoms with Crippen LogP contribution >= 0.6 is 0 Å². The van der Waals surface area contributed by atoms with Crippen LogP contribution in [0.3, 0.4) is 0 Å². The molecule has 0 amide bonds. The lowest BCUT2D eigenvalue weighted by Gasteiger charge is -2.25. The van der Waals surface area contributed by atoms with Gasteiger partial charge in [-0.2, -0.15) is 0 Å². The summed E-state index contributed by atoms with van der Waals surface area (Å²) in [6, 6.07) is 19.5. The summed E-state index contributed by atoms with van der Waals surface area (Å²) in [4.78, 5) is 1.46. The molecule has 0 aliphatic carbocycles. The average Bonchev–Trinajstić information content (AvgIpc) is 2.75. The third-order valence-corrected chi connectivity index (χ3v) is 4.60. The van der Waals surface area contributed by atoms with Crippen LogP contribution < -0.4 is 28.9 Å². The predicted octanol–water partition coefficient (Wildman–Crippen LogP) is -1.64. The monoisotopic (exact) mass is 378 g/mol. The summed E-state index contributed by atoms with van der Waals surface area (Å²) in [6.07, 6.45) is 4.37. The van der Waals surface area contributed by atoms with E-state index in [1.807, 2.05) is 18.2 Å². The molecule has 2 aromatic rings. The van der Waals surface area contributed by atoms with Crippen LogP contribution in [0.15, 0.2) is 66.9 Å². The topological polar surface area (TPSA) is 109 Å². The van der Waals surface area contributed by atoms with E-state index in [-0.39, 0.29) is 5.41 Å². The smallest absolute Gasteiger partial charge is 0.135 e. The highest BCUT2D eigenvalue weighted by Crippen LogP contribution is 2.36. The third kappa shape index (κ3) is 5.28. The molecule has 1 aliphatic heterocycles. The Bertz CT molecular complexity index is 739. The molecule has 1 heterocycles. The third-order valence-electron chi connectivity index (χ3n) is 4.60. The molecule has 2 N–H and O–H groups in total. The Morgan fingerprint density at radius 1 is 0.962 bits per heavy atom. The van der Waals surface area contributed by atoms with Crippen LogP contribution in [0.4, 0.5) is 11.4 Å². The molecule has 2 aromatic carbocycles. The van der Waals surface area contributed by atoms with Crippen LogP contribution in [0.2, 0.25) is 0 Å². The molecule has 2 unspecified atom stereocenters. The first-order valence-electron chi connectivity index (χ1n) is 8.14. The van der Waals surface area contributed by atoms with E-state index in [9.17, 15) is 0 Å². The fourth-order valence-electron chi connectivity index (χ4n) is 3.43. The molecule has 0 aromatic heterocycles. The lowest BCUT2D eigenvalue weighted by Crippen LogP contribution is -3.07. The fraction of sp³-hybridized carbons (Fsp3) is 0.263. The number of nitrogens with one attached hydrogen (secondary N) is 2. The Kier molecular flexibility index (Phi) is 6.41. The van der Waals surface area contributed by atoms with Crippen molar-refractivity contribution in [3.05, 3.63) is 72.4 Å². The zero-order chi connectivity index (χ0) is 19.4. The summed E-state index contributed by atoms with van der Waals surface area (Å²) >= 11 is 0. The predicted molar refractivity (Wildman–Crippen MR) is 89.0 cm³/mol. The molecule has 6 nitrogen and oxygen atoms in total. The number of likely N-dealkylation sites (N-methyl/N-ethyl adjacent to an activating group) is 1. The SMILES string of the molecule is C[NH+]1c2ccccc2C(C)(C)C1C=CNc1ccccc1.[O-][Cl+3]([O-])([O-])[O-]. The Hall–Kier alpha value is -1.93. The van der Waals surface area contributed by atoms with Gasteiger partial charge in [0.05, 0.1) is 12.5 Å². The van der Waals surface area contributed by atoms with Crippen LogP contribution in [0, 0.1) is 10.2 Å². The van der Waals surface area contributed by atoms with Gasteiger partial charge in [0.15, 0.2) is 0 Å². The van der Waals surface area contributed by atoms with Crippen LogP contribution in [0.5, 0.6) is 0 Å². The Morgan fingerprint density at radius 2 is 1.50 bits per heavy atom. The molecule has 1 aliphatic rings. The molecule has 26 heavy (non-hydrogen) atoms. The first-order valence-corrected chi connectivity index (χ1v) is 9.37. The highest BCUT2D eigenvalue weighted by atomic mass is 35.7. The van der Waals surface area contributed by atoms with Crippen LogP contribution in [0.25, 0.3) is 0 Å². The molecule has 0 spiro atoms. The maximum Gasteiger partial charge on any atom is 0.135 e. The maximum absolute atomic E-state index is 8.49. The van der Waals surface area contributed by atoms with E-state index in [0.29, 0.717) is 6.04 Å². The van der Waals surface area contributed by atoms with Gasteiger partial charge in [0.1, 0.15) is 11.7 Å². The second-order valence-electron chi connectivity index (χ2n) is 6.68. The van der Waals surface area contributed by atoms with Gasteiger partial charge in [0, 0.05) is 17.5 Å². The van der Waals surface area contributed by atoms with Crippen molar-refractivity contribution in [1.82, 2.24) is 0 Å². The van der Waals surface area contributed by atoms with Crippen molar-refractivity contribution in [2.45, 2.75) is 25.3 Å². The minimum Gasteiger partial charge on any atom is -0.362 e. The summed E-state index contributed by atoms with van der Waals surface area (Å²) in [5, 5.41) is 3.36. The number of anilines is 1. The van der Waals surface area contributed by atoms with Crippen molar-refractivity contribution in [3.8, 4) is 0 Å². The van der Waals surface area contributed by atoms with Crippen LogP contribution in [-0.4, -0.2) is 13.1 Å². The summed E-state index contributed by atoms with van der Waals surface area (Å²) in [5.41, 5.74) is 4.14. The summed E-state index contributed by atoms with van der Waals surface area (Å²) in [6.45, 7) is 4.67. The largest absolute Gasteiger partial charge is 0.362 e. The highest BCUT2D eigenvalue weighted by Gasteiger charge is 2.45. The number of hydrogen-bond donors (Lipinski definition) is 2. The summed E-state index contributed by atoms with van der Waals surface area (Å²) in [5.74, 6) is 0. The van der Waals surface area contributed by atoms with Gasteiger partial charge in [-0.3, -0.25) is 4.90 Å². The molecule has 7 heteroatoms. The van der Waals surface area contributed by atoms with Crippen molar-refractivity contribution in [2.24, 2.45) is 0 Å². The average molecular weight is 379 g/mol. The molecule has 0 saturated carbocycles. The number of para-hydroxylation sites is 2.